The van der Waals surface area contributed by atoms with Crippen LogP contribution in [-0.4, -0.2) is 18.0 Å². The van der Waals surface area contributed by atoms with Crippen LogP contribution in [0.25, 0.3) is 0 Å². The monoisotopic (exact) mass is 274 g/mol. The number of aryl methyl sites for hydroxylation is 1. The summed E-state index contributed by atoms with van der Waals surface area (Å²) in [5.41, 5.74) is 8.69. The Balaban J connectivity index is 1.92. The molecule has 20 heavy (non-hydrogen) atoms. The first-order chi connectivity index (χ1) is 9.58. The van der Waals surface area contributed by atoms with Crippen LogP contribution >= 0.6 is 0 Å². The molecule has 0 aliphatic heterocycles. The first-order valence-corrected chi connectivity index (χ1v) is 7.71. The molecule has 0 bridgehead atoms. The summed E-state index contributed by atoms with van der Waals surface area (Å²) in [6, 6.07) is 8.44. The van der Waals surface area contributed by atoms with Crippen LogP contribution in [0.4, 0.5) is 0 Å². The van der Waals surface area contributed by atoms with Crippen LogP contribution in [0.3, 0.4) is 0 Å². The van der Waals surface area contributed by atoms with Gasteiger partial charge in [0, 0.05) is 18.0 Å². The molecular weight excluding hydrogens is 248 g/mol. The highest BCUT2D eigenvalue weighted by Gasteiger charge is 2.27. The minimum Gasteiger partial charge on any atom is -0.354 e. The van der Waals surface area contributed by atoms with Gasteiger partial charge in [0.15, 0.2) is 0 Å². The number of fused-ring (bicyclic) bond motifs is 1. The second-order valence-corrected chi connectivity index (χ2v) is 6.00. The topological polar surface area (TPSA) is 55.1 Å². The van der Waals surface area contributed by atoms with E-state index >= 15 is 0 Å². The molecule has 1 aromatic rings. The van der Waals surface area contributed by atoms with Gasteiger partial charge in [-0.15, -0.1) is 0 Å². The van der Waals surface area contributed by atoms with Gasteiger partial charge in [-0.25, -0.2) is 0 Å². The summed E-state index contributed by atoms with van der Waals surface area (Å²) in [7, 11) is 0. The maximum atomic E-state index is 12.3. The Bertz CT molecular complexity index is 466. The van der Waals surface area contributed by atoms with Crippen molar-refractivity contribution < 1.29 is 4.79 Å². The molecule has 0 radical (unpaired) electrons. The van der Waals surface area contributed by atoms with Gasteiger partial charge in [-0.3, -0.25) is 4.79 Å². The Hall–Kier alpha value is -1.35. The molecule has 3 heteroatoms. The van der Waals surface area contributed by atoms with E-state index in [9.17, 15) is 4.79 Å². The molecule has 0 saturated carbocycles. The number of hydrogen-bond donors (Lipinski definition) is 2. The molecule has 1 unspecified atom stereocenters. The van der Waals surface area contributed by atoms with Gasteiger partial charge in [-0.1, -0.05) is 38.1 Å². The number of benzene rings is 1. The SMILES string of the molecule is CCC(N)(CC)CNC(=O)C1CCc2ccccc2C1. The van der Waals surface area contributed by atoms with Crippen molar-refractivity contribution in [1.29, 1.82) is 0 Å². The van der Waals surface area contributed by atoms with Crippen molar-refractivity contribution in [2.45, 2.75) is 51.5 Å². The Morgan fingerprint density at radius 3 is 2.60 bits per heavy atom. The second-order valence-electron chi connectivity index (χ2n) is 6.00. The third-order valence-corrected chi connectivity index (χ3v) is 4.74. The van der Waals surface area contributed by atoms with Gasteiger partial charge in [-0.05, 0) is 43.2 Å². The fourth-order valence-corrected chi connectivity index (χ4v) is 2.83. The molecular formula is C17H26N2O. The predicted octanol–water partition coefficient (Wildman–Crippen LogP) is 2.43. The summed E-state index contributed by atoms with van der Waals surface area (Å²) in [6.45, 7) is 4.73. The number of nitrogens with two attached hydrogens (primary N) is 1. The molecule has 0 heterocycles. The van der Waals surface area contributed by atoms with E-state index in [4.69, 9.17) is 5.73 Å². The van der Waals surface area contributed by atoms with Crippen LogP contribution < -0.4 is 11.1 Å². The lowest BCUT2D eigenvalue weighted by Gasteiger charge is -2.29. The van der Waals surface area contributed by atoms with E-state index < -0.39 is 0 Å². The number of hydrogen-bond acceptors (Lipinski definition) is 2. The predicted molar refractivity (Wildman–Crippen MR) is 82.5 cm³/mol. The highest BCUT2D eigenvalue weighted by Crippen LogP contribution is 2.25. The Kier molecular flexibility index (Phi) is 4.81. The zero-order valence-corrected chi connectivity index (χ0v) is 12.6. The highest BCUT2D eigenvalue weighted by atomic mass is 16.1. The maximum absolute atomic E-state index is 12.3. The molecule has 1 aromatic carbocycles. The van der Waals surface area contributed by atoms with Crippen molar-refractivity contribution in [2.75, 3.05) is 6.54 Å². The smallest absolute Gasteiger partial charge is 0.223 e. The van der Waals surface area contributed by atoms with Crippen LogP contribution in [0.2, 0.25) is 0 Å². The van der Waals surface area contributed by atoms with E-state index in [0.29, 0.717) is 6.54 Å². The number of carbonyl (C=O) groups excluding carboxylic acids is 1. The first kappa shape index (κ1) is 15.0. The third-order valence-electron chi connectivity index (χ3n) is 4.74. The number of nitrogens with one attached hydrogen (secondary N) is 1. The molecule has 3 nitrogen and oxygen atoms in total. The lowest BCUT2D eigenvalue weighted by atomic mass is 9.83. The number of carbonyl (C=O) groups is 1. The molecule has 1 aliphatic rings. The normalized spacial score (nSPS) is 18.4. The fraction of sp³-hybridized carbons (Fsp3) is 0.588. The quantitative estimate of drug-likeness (QED) is 0.866. The molecule has 1 amide bonds. The van der Waals surface area contributed by atoms with Gasteiger partial charge < -0.3 is 11.1 Å². The van der Waals surface area contributed by atoms with Crippen LogP contribution in [0.1, 0.15) is 44.2 Å². The summed E-state index contributed by atoms with van der Waals surface area (Å²) in [5.74, 6) is 0.263. The molecule has 0 aromatic heterocycles. The summed E-state index contributed by atoms with van der Waals surface area (Å²) >= 11 is 0. The van der Waals surface area contributed by atoms with Gasteiger partial charge >= 0.3 is 0 Å². The van der Waals surface area contributed by atoms with E-state index in [1.807, 2.05) is 0 Å². The van der Waals surface area contributed by atoms with Gasteiger partial charge in [0.2, 0.25) is 5.91 Å². The average molecular weight is 274 g/mol. The first-order valence-electron chi connectivity index (χ1n) is 7.71. The molecule has 0 fully saturated rings. The summed E-state index contributed by atoms with van der Waals surface area (Å²) < 4.78 is 0. The lowest BCUT2D eigenvalue weighted by Crippen LogP contribution is -2.50. The van der Waals surface area contributed by atoms with Gasteiger partial charge in [0.05, 0.1) is 0 Å². The van der Waals surface area contributed by atoms with E-state index in [0.717, 1.165) is 32.1 Å². The molecule has 1 atom stereocenters. The van der Waals surface area contributed by atoms with Gasteiger partial charge in [0.1, 0.15) is 0 Å². The second kappa shape index (κ2) is 6.40. The van der Waals surface area contributed by atoms with Crippen molar-refractivity contribution in [3.8, 4) is 0 Å². The molecule has 2 rings (SSSR count). The van der Waals surface area contributed by atoms with Crippen molar-refractivity contribution in [1.82, 2.24) is 5.32 Å². The maximum Gasteiger partial charge on any atom is 0.223 e. The van der Waals surface area contributed by atoms with Crippen molar-refractivity contribution in [3.05, 3.63) is 35.4 Å². The van der Waals surface area contributed by atoms with E-state index in [1.165, 1.54) is 11.1 Å². The van der Waals surface area contributed by atoms with Crippen molar-refractivity contribution >= 4 is 5.91 Å². The van der Waals surface area contributed by atoms with E-state index in [-0.39, 0.29) is 17.4 Å². The standard InChI is InChI=1S/C17H26N2O/c1-3-17(18,4-2)12-19-16(20)15-10-9-13-7-5-6-8-14(13)11-15/h5-8,15H,3-4,9-12,18H2,1-2H3,(H,19,20). The van der Waals surface area contributed by atoms with Gasteiger partial charge in [-0.2, -0.15) is 0 Å². The molecule has 3 N–H and O–H groups in total. The highest BCUT2D eigenvalue weighted by molar-refractivity contribution is 5.79. The Morgan fingerprint density at radius 2 is 1.95 bits per heavy atom. The average Bonchev–Trinajstić information content (AvgIpc) is 2.51. The fourth-order valence-electron chi connectivity index (χ4n) is 2.83. The van der Waals surface area contributed by atoms with E-state index in [2.05, 4.69) is 43.4 Å². The van der Waals surface area contributed by atoms with Crippen LogP contribution in [-0.2, 0) is 17.6 Å². The Labute approximate surface area is 121 Å². The molecule has 1 aliphatic carbocycles. The van der Waals surface area contributed by atoms with Crippen LogP contribution in [0.15, 0.2) is 24.3 Å². The third kappa shape index (κ3) is 3.40. The minimum atomic E-state index is -0.262. The lowest BCUT2D eigenvalue weighted by molar-refractivity contribution is -0.125. The molecule has 0 spiro atoms. The zero-order valence-electron chi connectivity index (χ0n) is 12.6. The number of amides is 1. The Morgan fingerprint density at radius 1 is 1.30 bits per heavy atom. The molecule has 110 valence electrons. The summed E-state index contributed by atoms with van der Waals surface area (Å²) in [5, 5.41) is 3.06. The summed E-state index contributed by atoms with van der Waals surface area (Å²) in [6.07, 6.45) is 4.58. The van der Waals surface area contributed by atoms with E-state index in [1.54, 1.807) is 0 Å². The minimum absolute atomic E-state index is 0.0999. The van der Waals surface area contributed by atoms with Crippen LogP contribution in [0.5, 0.6) is 0 Å². The van der Waals surface area contributed by atoms with Crippen LogP contribution in [0, 0.1) is 5.92 Å². The van der Waals surface area contributed by atoms with Crippen molar-refractivity contribution in [3.63, 3.8) is 0 Å². The largest absolute Gasteiger partial charge is 0.354 e. The van der Waals surface area contributed by atoms with Gasteiger partial charge in [0.25, 0.3) is 0 Å². The summed E-state index contributed by atoms with van der Waals surface area (Å²) in [4.78, 5) is 12.3. The molecule has 0 saturated heterocycles. The zero-order chi connectivity index (χ0) is 14.6. The number of rotatable bonds is 5. The van der Waals surface area contributed by atoms with Crippen molar-refractivity contribution in [2.24, 2.45) is 11.7 Å².